The summed E-state index contributed by atoms with van der Waals surface area (Å²) in [4.78, 5) is 0. The summed E-state index contributed by atoms with van der Waals surface area (Å²) in [6, 6.07) is 0. The van der Waals surface area contributed by atoms with E-state index in [9.17, 15) is 0 Å². The Balaban J connectivity index is 2.60. The van der Waals surface area contributed by atoms with Crippen molar-refractivity contribution in [2.45, 2.75) is 51.6 Å². The van der Waals surface area contributed by atoms with Gasteiger partial charge in [0.15, 0.2) is 5.79 Å². The third-order valence-electron chi connectivity index (χ3n) is 1.99. The highest BCUT2D eigenvalue weighted by Gasteiger charge is 2.33. The predicted octanol–water partition coefficient (Wildman–Crippen LogP) is 1.94. The molecule has 2 atom stereocenters. The first kappa shape index (κ1) is 9.57. The summed E-state index contributed by atoms with van der Waals surface area (Å²) < 4.78 is 11.1. The van der Waals surface area contributed by atoms with Gasteiger partial charge in [-0.3, -0.25) is 0 Å². The maximum Gasteiger partial charge on any atom is 0.164 e. The second-order valence-electron chi connectivity index (χ2n) is 3.56. The van der Waals surface area contributed by atoms with Crippen molar-refractivity contribution in [3.63, 3.8) is 0 Å². The Bertz CT molecular complexity index is 191. The van der Waals surface area contributed by atoms with Crippen LogP contribution in [0.25, 0.3) is 0 Å². The molecule has 0 spiro atoms. The molecule has 0 saturated carbocycles. The van der Waals surface area contributed by atoms with E-state index in [0.29, 0.717) is 0 Å². The van der Waals surface area contributed by atoms with Crippen LogP contribution >= 0.6 is 0 Å². The number of terminal acetylenes is 1. The Morgan fingerprint density at radius 2 is 2.17 bits per heavy atom. The molecule has 0 unspecified atom stereocenters. The minimum absolute atomic E-state index is 0.0845. The van der Waals surface area contributed by atoms with Gasteiger partial charge in [0.1, 0.15) is 6.10 Å². The van der Waals surface area contributed by atoms with Gasteiger partial charge in [0, 0.05) is 6.42 Å². The molecule has 1 saturated heterocycles. The zero-order chi connectivity index (χ0) is 9.19. The normalized spacial score (nSPS) is 34.2. The van der Waals surface area contributed by atoms with Crippen molar-refractivity contribution in [1.82, 2.24) is 0 Å². The predicted molar refractivity (Wildman–Crippen MR) is 47.6 cm³/mol. The van der Waals surface area contributed by atoms with Crippen molar-refractivity contribution in [2.24, 2.45) is 0 Å². The second kappa shape index (κ2) is 3.47. The van der Waals surface area contributed by atoms with E-state index in [0.717, 1.165) is 12.8 Å². The second-order valence-corrected chi connectivity index (χ2v) is 3.56. The molecule has 0 bridgehead atoms. The lowest BCUT2D eigenvalue weighted by Crippen LogP contribution is -2.43. The van der Waals surface area contributed by atoms with Crippen LogP contribution in [-0.4, -0.2) is 18.0 Å². The lowest BCUT2D eigenvalue weighted by atomic mass is 10.1. The van der Waals surface area contributed by atoms with Crippen molar-refractivity contribution < 1.29 is 9.47 Å². The fraction of sp³-hybridized carbons (Fsp3) is 0.800. The highest BCUT2D eigenvalue weighted by Crippen LogP contribution is 2.27. The number of rotatable bonds is 1. The molecule has 68 valence electrons. The highest BCUT2D eigenvalue weighted by molar-refractivity contribution is 4.98. The molecule has 0 aromatic heterocycles. The van der Waals surface area contributed by atoms with Gasteiger partial charge >= 0.3 is 0 Å². The molecule has 1 heterocycles. The maximum absolute atomic E-state index is 5.64. The van der Waals surface area contributed by atoms with E-state index in [4.69, 9.17) is 15.9 Å². The summed E-state index contributed by atoms with van der Waals surface area (Å²) >= 11 is 0. The summed E-state index contributed by atoms with van der Waals surface area (Å²) in [5, 5.41) is 0. The number of ether oxygens (including phenoxy) is 2. The van der Waals surface area contributed by atoms with E-state index in [2.05, 4.69) is 12.8 Å². The first-order valence-electron chi connectivity index (χ1n) is 4.39. The molecule has 0 aliphatic carbocycles. The molecular formula is C10H16O2. The van der Waals surface area contributed by atoms with E-state index < -0.39 is 5.79 Å². The van der Waals surface area contributed by atoms with Crippen LogP contribution in [0, 0.1) is 12.3 Å². The van der Waals surface area contributed by atoms with Crippen molar-refractivity contribution in [3.8, 4) is 12.3 Å². The summed E-state index contributed by atoms with van der Waals surface area (Å²) in [5.74, 6) is 2.10. The molecule has 1 aliphatic heterocycles. The summed E-state index contributed by atoms with van der Waals surface area (Å²) in [6.07, 6.45) is 7.28. The van der Waals surface area contributed by atoms with Gasteiger partial charge in [0.25, 0.3) is 0 Å². The molecule has 2 nitrogen and oxygen atoms in total. The summed E-state index contributed by atoms with van der Waals surface area (Å²) in [6.45, 7) is 5.90. The minimum Gasteiger partial charge on any atom is -0.347 e. The van der Waals surface area contributed by atoms with Gasteiger partial charge in [0.05, 0.1) is 6.10 Å². The van der Waals surface area contributed by atoms with Gasteiger partial charge < -0.3 is 9.47 Å². The molecule has 0 aromatic carbocycles. The Labute approximate surface area is 74.2 Å². The van der Waals surface area contributed by atoms with E-state index in [1.54, 1.807) is 0 Å². The fourth-order valence-corrected chi connectivity index (χ4v) is 1.46. The highest BCUT2D eigenvalue weighted by atomic mass is 16.7. The Morgan fingerprint density at radius 3 is 2.67 bits per heavy atom. The molecule has 0 radical (unpaired) electrons. The van der Waals surface area contributed by atoms with E-state index in [1.807, 2.05) is 13.8 Å². The van der Waals surface area contributed by atoms with E-state index in [1.165, 1.54) is 0 Å². The van der Waals surface area contributed by atoms with E-state index in [-0.39, 0.29) is 12.2 Å². The third kappa shape index (κ3) is 2.23. The Kier molecular flexibility index (Phi) is 2.76. The molecule has 12 heavy (non-hydrogen) atoms. The molecule has 2 heteroatoms. The Hall–Kier alpha value is -0.520. The third-order valence-corrected chi connectivity index (χ3v) is 1.99. The van der Waals surface area contributed by atoms with E-state index >= 15 is 0 Å². The molecule has 1 rings (SSSR count). The Morgan fingerprint density at radius 1 is 1.50 bits per heavy atom. The lowest BCUT2D eigenvalue weighted by molar-refractivity contribution is -0.288. The topological polar surface area (TPSA) is 18.5 Å². The molecule has 0 N–H and O–H groups in total. The quantitative estimate of drug-likeness (QED) is 0.557. The van der Waals surface area contributed by atoms with Gasteiger partial charge in [0.2, 0.25) is 0 Å². The number of hydrogen-bond acceptors (Lipinski definition) is 2. The molecule has 1 fully saturated rings. The van der Waals surface area contributed by atoms with Crippen LogP contribution in [0.2, 0.25) is 0 Å². The van der Waals surface area contributed by atoms with Crippen molar-refractivity contribution in [3.05, 3.63) is 0 Å². The molecular weight excluding hydrogens is 152 g/mol. The number of hydrogen-bond donors (Lipinski definition) is 0. The molecule has 1 aliphatic rings. The average Bonchev–Trinajstić information content (AvgIpc) is 2.01. The average molecular weight is 168 g/mol. The van der Waals surface area contributed by atoms with Crippen LogP contribution < -0.4 is 0 Å². The van der Waals surface area contributed by atoms with Gasteiger partial charge in [-0.1, -0.05) is 12.8 Å². The van der Waals surface area contributed by atoms with Gasteiger partial charge in [-0.15, -0.1) is 6.42 Å². The molecule has 0 aromatic rings. The van der Waals surface area contributed by atoms with Crippen LogP contribution in [-0.2, 0) is 9.47 Å². The van der Waals surface area contributed by atoms with Crippen LogP contribution in [0.5, 0.6) is 0 Å². The summed E-state index contributed by atoms with van der Waals surface area (Å²) in [5.41, 5.74) is 0. The standard InChI is InChI=1S/C10H16O2/c1-5-8-7-9(6-2)12-10(3,4)11-8/h1,8-9H,6-7H2,2-4H3/t8-,9+/m1/s1. The first-order chi connectivity index (χ1) is 5.57. The summed E-state index contributed by atoms with van der Waals surface area (Å²) in [7, 11) is 0. The van der Waals surface area contributed by atoms with Crippen molar-refractivity contribution in [2.75, 3.05) is 0 Å². The minimum atomic E-state index is -0.518. The molecule has 0 amide bonds. The lowest BCUT2D eigenvalue weighted by Gasteiger charge is -2.38. The smallest absolute Gasteiger partial charge is 0.164 e. The van der Waals surface area contributed by atoms with Crippen molar-refractivity contribution in [1.29, 1.82) is 0 Å². The first-order valence-corrected chi connectivity index (χ1v) is 4.39. The van der Waals surface area contributed by atoms with Crippen LogP contribution in [0.15, 0.2) is 0 Å². The largest absolute Gasteiger partial charge is 0.347 e. The van der Waals surface area contributed by atoms with Crippen LogP contribution in [0.4, 0.5) is 0 Å². The zero-order valence-electron chi connectivity index (χ0n) is 7.96. The van der Waals surface area contributed by atoms with Crippen LogP contribution in [0.1, 0.15) is 33.6 Å². The van der Waals surface area contributed by atoms with Crippen LogP contribution in [0.3, 0.4) is 0 Å². The zero-order valence-corrected chi connectivity index (χ0v) is 7.96. The van der Waals surface area contributed by atoms with Gasteiger partial charge in [-0.05, 0) is 20.3 Å². The van der Waals surface area contributed by atoms with Crippen molar-refractivity contribution >= 4 is 0 Å². The van der Waals surface area contributed by atoms with Gasteiger partial charge in [-0.2, -0.15) is 0 Å². The maximum atomic E-state index is 5.64. The monoisotopic (exact) mass is 168 g/mol. The van der Waals surface area contributed by atoms with Gasteiger partial charge in [-0.25, -0.2) is 0 Å². The SMILES string of the molecule is C#C[C@@H]1C[C@H](CC)OC(C)(C)O1. The fourth-order valence-electron chi connectivity index (χ4n) is 1.46.